The first-order chi connectivity index (χ1) is 7.18. The third kappa shape index (κ3) is 3.08. The van der Waals surface area contributed by atoms with Crippen LogP contribution in [0.1, 0.15) is 42.5 Å². The van der Waals surface area contributed by atoms with Gasteiger partial charge in [-0.05, 0) is 62.2 Å². The van der Waals surface area contributed by atoms with Crippen LogP contribution in [0, 0.1) is 5.92 Å². The zero-order valence-electron chi connectivity index (χ0n) is 8.31. The summed E-state index contributed by atoms with van der Waals surface area (Å²) in [6.45, 7) is 0. The van der Waals surface area contributed by atoms with Crippen molar-refractivity contribution < 1.29 is 0 Å². The minimum atomic E-state index is 0.523. The highest BCUT2D eigenvalue weighted by Gasteiger charge is 2.25. The summed E-state index contributed by atoms with van der Waals surface area (Å²) in [4.78, 5) is 0.523. The van der Waals surface area contributed by atoms with Crippen LogP contribution in [0.15, 0.2) is 13.6 Å². The lowest BCUT2D eigenvalue weighted by Gasteiger charge is -2.26. The number of alkyl halides is 1. The Labute approximate surface area is 120 Å². The quantitative estimate of drug-likeness (QED) is 0.497. The molecule has 4 heteroatoms. The number of rotatable bonds is 2. The molecule has 0 spiro atoms. The van der Waals surface area contributed by atoms with Crippen LogP contribution in [-0.4, -0.2) is 0 Å². The summed E-state index contributed by atoms with van der Waals surface area (Å²) in [6.07, 6.45) is 6.96. The molecule has 1 aromatic heterocycles. The van der Waals surface area contributed by atoms with Gasteiger partial charge < -0.3 is 0 Å². The van der Waals surface area contributed by atoms with E-state index in [2.05, 4.69) is 53.9 Å². The second kappa shape index (κ2) is 5.65. The Morgan fingerprint density at radius 2 is 1.87 bits per heavy atom. The third-order valence-electron chi connectivity index (χ3n) is 3.04. The SMILES string of the molecule is Brc1cc(C(Br)C2CCCCC2)c(Br)s1. The van der Waals surface area contributed by atoms with Gasteiger partial charge in [0.15, 0.2) is 0 Å². The zero-order chi connectivity index (χ0) is 10.8. The highest BCUT2D eigenvalue weighted by Crippen LogP contribution is 2.45. The maximum absolute atomic E-state index is 3.87. The van der Waals surface area contributed by atoms with Crippen LogP contribution in [-0.2, 0) is 0 Å². The van der Waals surface area contributed by atoms with Crippen LogP contribution in [0.4, 0.5) is 0 Å². The average molecular weight is 417 g/mol. The van der Waals surface area contributed by atoms with E-state index in [4.69, 9.17) is 0 Å². The molecular weight excluding hydrogens is 404 g/mol. The van der Waals surface area contributed by atoms with Gasteiger partial charge in [-0.1, -0.05) is 35.2 Å². The van der Waals surface area contributed by atoms with Gasteiger partial charge in [0.25, 0.3) is 0 Å². The van der Waals surface area contributed by atoms with Crippen LogP contribution in [0.5, 0.6) is 0 Å². The Balaban J connectivity index is 2.12. The second-order valence-corrected chi connectivity index (χ2v) is 8.82. The summed E-state index contributed by atoms with van der Waals surface area (Å²) in [5, 5.41) is 0. The first-order valence-electron chi connectivity index (χ1n) is 5.27. The van der Waals surface area contributed by atoms with Crippen molar-refractivity contribution in [3.63, 3.8) is 0 Å². The van der Waals surface area contributed by atoms with Gasteiger partial charge in [-0.25, -0.2) is 0 Å². The van der Waals surface area contributed by atoms with Crippen molar-refractivity contribution in [2.45, 2.75) is 36.9 Å². The number of thiophene rings is 1. The smallest absolute Gasteiger partial charge is 0.0753 e. The lowest BCUT2D eigenvalue weighted by Crippen LogP contribution is -2.11. The van der Waals surface area contributed by atoms with E-state index in [1.54, 1.807) is 11.3 Å². The van der Waals surface area contributed by atoms with Crippen molar-refractivity contribution in [1.82, 2.24) is 0 Å². The minimum absolute atomic E-state index is 0.523. The lowest BCUT2D eigenvalue weighted by molar-refractivity contribution is 0.354. The summed E-state index contributed by atoms with van der Waals surface area (Å²) in [6, 6.07) is 2.24. The second-order valence-electron chi connectivity index (χ2n) is 4.08. The Morgan fingerprint density at radius 1 is 1.20 bits per heavy atom. The first-order valence-corrected chi connectivity index (χ1v) is 8.59. The summed E-state index contributed by atoms with van der Waals surface area (Å²) >= 11 is 12.8. The molecule has 0 saturated heterocycles. The molecule has 1 heterocycles. The van der Waals surface area contributed by atoms with E-state index in [9.17, 15) is 0 Å². The summed E-state index contributed by atoms with van der Waals surface area (Å²) in [7, 11) is 0. The van der Waals surface area contributed by atoms with Crippen molar-refractivity contribution in [3.05, 3.63) is 19.2 Å². The van der Waals surface area contributed by atoms with Crippen molar-refractivity contribution in [1.29, 1.82) is 0 Å². The maximum atomic E-state index is 3.87. The maximum Gasteiger partial charge on any atom is 0.0753 e. The molecule has 1 unspecified atom stereocenters. The molecule has 0 aliphatic heterocycles. The molecule has 0 N–H and O–H groups in total. The number of halogens is 3. The lowest BCUT2D eigenvalue weighted by atomic mass is 9.85. The molecule has 1 fully saturated rings. The highest BCUT2D eigenvalue weighted by molar-refractivity contribution is 9.12. The average Bonchev–Trinajstić information content (AvgIpc) is 2.58. The molecule has 0 nitrogen and oxygen atoms in total. The molecule has 1 atom stereocenters. The fourth-order valence-corrected chi connectivity index (χ4v) is 6.50. The van der Waals surface area contributed by atoms with Crippen LogP contribution in [0.3, 0.4) is 0 Å². The molecular formula is C11H13Br3S. The molecule has 1 aliphatic rings. The summed E-state index contributed by atoms with van der Waals surface area (Å²) < 4.78 is 2.48. The molecule has 0 radical (unpaired) electrons. The van der Waals surface area contributed by atoms with E-state index in [0.29, 0.717) is 4.83 Å². The van der Waals surface area contributed by atoms with Gasteiger partial charge in [0.2, 0.25) is 0 Å². The molecule has 0 amide bonds. The Kier molecular flexibility index (Phi) is 4.75. The van der Waals surface area contributed by atoms with Gasteiger partial charge in [-0.2, -0.15) is 0 Å². The van der Waals surface area contributed by atoms with Gasteiger partial charge in [0, 0.05) is 4.83 Å². The van der Waals surface area contributed by atoms with Crippen LogP contribution >= 0.6 is 59.1 Å². The normalized spacial score (nSPS) is 20.5. The Bertz CT molecular complexity index is 329. The van der Waals surface area contributed by atoms with E-state index >= 15 is 0 Å². The third-order valence-corrected chi connectivity index (χ3v) is 6.67. The molecule has 1 aromatic rings. The summed E-state index contributed by atoms with van der Waals surface area (Å²) in [5.41, 5.74) is 1.42. The highest BCUT2D eigenvalue weighted by atomic mass is 79.9. The molecule has 0 aromatic carbocycles. The Hall–Kier alpha value is 1.14. The fourth-order valence-electron chi connectivity index (χ4n) is 2.22. The van der Waals surface area contributed by atoms with Gasteiger partial charge in [0.1, 0.15) is 0 Å². The largest absolute Gasteiger partial charge is 0.121 e. The predicted octanol–water partition coefficient (Wildman–Crippen LogP) is 6.29. The van der Waals surface area contributed by atoms with Gasteiger partial charge in [-0.3, -0.25) is 0 Å². The summed E-state index contributed by atoms with van der Waals surface area (Å²) in [5.74, 6) is 0.816. The van der Waals surface area contributed by atoms with Gasteiger partial charge in [0.05, 0.1) is 7.57 Å². The van der Waals surface area contributed by atoms with Gasteiger partial charge >= 0.3 is 0 Å². The topological polar surface area (TPSA) is 0 Å². The van der Waals surface area contributed by atoms with Crippen molar-refractivity contribution in [3.8, 4) is 0 Å². The zero-order valence-corrected chi connectivity index (χ0v) is 13.9. The van der Waals surface area contributed by atoms with Gasteiger partial charge in [-0.15, -0.1) is 11.3 Å². The van der Waals surface area contributed by atoms with E-state index in [-0.39, 0.29) is 0 Å². The molecule has 2 rings (SSSR count). The van der Waals surface area contributed by atoms with Crippen LogP contribution in [0.25, 0.3) is 0 Å². The Morgan fingerprint density at radius 3 is 2.40 bits per heavy atom. The molecule has 1 saturated carbocycles. The standard InChI is InChI=1S/C11H13Br3S/c12-9-6-8(11(14)15-9)10(13)7-4-2-1-3-5-7/h6-7,10H,1-5H2. The van der Waals surface area contributed by atoms with Crippen LogP contribution in [0.2, 0.25) is 0 Å². The fraction of sp³-hybridized carbons (Fsp3) is 0.636. The van der Waals surface area contributed by atoms with E-state index < -0.39 is 0 Å². The number of hydrogen-bond donors (Lipinski definition) is 0. The molecule has 1 aliphatic carbocycles. The first kappa shape index (κ1) is 12.6. The van der Waals surface area contributed by atoms with E-state index in [1.165, 1.54) is 45.2 Å². The van der Waals surface area contributed by atoms with Crippen molar-refractivity contribution >= 4 is 59.1 Å². The van der Waals surface area contributed by atoms with Crippen molar-refractivity contribution in [2.24, 2.45) is 5.92 Å². The van der Waals surface area contributed by atoms with Crippen molar-refractivity contribution in [2.75, 3.05) is 0 Å². The minimum Gasteiger partial charge on any atom is -0.121 e. The predicted molar refractivity (Wildman–Crippen MR) is 78.0 cm³/mol. The van der Waals surface area contributed by atoms with E-state index in [0.717, 1.165) is 5.92 Å². The van der Waals surface area contributed by atoms with Crippen LogP contribution < -0.4 is 0 Å². The molecule has 15 heavy (non-hydrogen) atoms. The molecule has 84 valence electrons. The molecule has 0 bridgehead atoms. The monoisotopic (exact) mass is 414 g/mol. The van der Waals surface area contributed by atoms with E-state index in [1.807, 2.05) is 0 Å². The number of hydrogen-bond acceptors (Lipinski definition) is 1.